The SMILES string of the molecule is COCCn1c(-c2c[nH]c(-c3ccc4sccc4c3)n2)nc2ccc(C#N)cc21. The van der Waals surface area contributed by atoms with Crippen LogP contribution in [0.2, 0.25) is 0 Å². The molecule has 0 saturated carbocycles. The molecule has 0 saturated heterocycles. The number of methoxy groups -OCH3 is 1. The van der Waals surface area contributed by atoms with Crippen LogP contribution >= 0.6 is 11.3 Å². The fourth-order valence-corrected chi connectivity index (χ4v) is 4.27. The number of H-pyrrole nitrogens is 1. The number of imidazole rings is 2. The van der Waals surface area contributed by atoms with Gasteiger partial charge in [0.1, 0.15) is 11.5 Å². The predicted octanol–water partition coefficient (Wildman–Crippen LogP) is 4.83. The fourth-order valence-electron chi connectivity index (χ4n) is 3.49. The molecule has 0 aliphatic heterocycles. The molecule has 0 unspecified atom stereocenters. The van der Waals surface area contributed by atoms with Crippen molar-refractivity contribution in [2.75, 3.05) is 13.7 Å². The summed E-state index contributed by atoms with van der Waals surface area (Å²) in [6, 6.07) is 16.2. The highest BCUT2D eigenvalue weighted by Gasteiger charge is 2.16. The van der Waals surface area contributed by atoms with Crippen LogP contribution in [0.4, 0.5) is 0 Å². The number of ether oxygens (including phenoxy) is 1. The van der Waals surface area contributed by atoms with Gasteiger partial charge >= 0.3 is 0 Å². The molecule has 0 aliphatic rings. The molecule has 2 aromatic carbocycles. The molecule has 3 heterocycles. The van der Waals surface area contributed by atoms with Crippen LogP contribution in [0.25, 0.3) is 44.0 Å². The van der Waals surface area contributed by atoms with Gasteiger partial charge in [-0.3, -0.25) is 0 Å². The number of rotatable bonds is 5. The van der Waals surface area contributed by atoms with E-state index in [2.05, 4.69) is 45.3 Å². The largest absolute Gasteiger partial charge is 0.383 e. The Morgan fingerprint density at radius 3 is 2.97 bits per heavy atom. The third kappa shape index (κ3) is 3.09. The number of hydrogen-bond acceptors (Lipinski definition) is 5. The first-order valence-corrected chi connectivity index (χ1v) is 10.1. The van der Waals surface area contributed by atoms with E-state index in [1.54, 1.807) is 24.5 Å². The summed E-state index contributed by atoms with van der Waals surface area (Å²) in [5.41, 5.74) is 4.14. The molecule has 0 bridgehead atoms. The van der Waals surface area contributed by atoms with Crippen molar-refractivity contribution in [2.45, 2.75) is 6.54 Å². The topological polar surface area (TPSA) is 79.5 Å². The van der Waals surface area contributed by atoms with Gasteiger partial charge in [-0.25, -0.2) is 9.97 Å². The molecule has 7 heteroatoms. The zero-order valence-electron chi connectivity index (χ0n) is 15.7. The van der Waals surface area contributed by atoms with E-state index < -0.39 is 0 Å². The Morgan fingerprint density at radius 2 is 2.10 bits per heavy atom. The molecule has 3 aromatic heterocycles. The van der Waals surface area contributed by atoms with Crippen LogP contribution in [0.15, 0.2) is 54.0 Å². The molecule has 6 nitrogen and oxygen atoms in total. The van der Waals surface area contributed by atoms with E-state index in [9.17, 15) is 5.26 Å². The number of fused-ring (bicyclic) bond motifs is 2. The van der Waals surface area contributed by atoms with E-state index in [0.717, 1.165) is 33.9 Å². The summed E-state index contributed by atoms with van der Waals surface area (Å²) in [5.74, 6) is 1.56. The summed E-state index contributed by atoms with van der Waals surface area (Å²) in [7, 11) is 1.67. The number of hydrogen-bond donors (Lipinski definition) is 1. The molecule has 29 heavy (non-hydrogen) atoms. The van der Waals surface area contributed by atoms with Crippen LogP contribution in [0.5, 0.6) is 0 Å². The Morgan fingerprint density at radius 1 is 1.17 bits per heavy atom. The minimum atomic E-state index is 0.543. The lowest BCUT2D eigenvalue weighted by atomic mass is 10.1. The van der Waals surface area contributed by atoms with Crippen LogP contribution in [0, 0.1) is 11.3 Å². The van der Waals surface area contributed by atoms with Crippen molar-refractivity contribution < 1.29 is 4.74 Å². The van der Waals surface area contributed by atoms with Crippen molar-refractivity contribution in [3.63, 3.8) is 0 Å². The van der Waals surface area contributed by atoms with E-state index in [1.807, 2.05) is 18.3 Å². The number of nitriles is 1. The third-order valence-electron chi connectivity index (χ3n) is 4.93. The summed E-state index contributed by atoms with van der Waals surface area (Å²) >= 11 is 1.73. The first-order chi connectivity index (χ1) is 14.3. The Kier molecular flexibility index (Phi) is 4.35. The highest BCUT2D eigenvalue weighted by atomic mass is 32.1. The normalized spacial score (nSPS) is 11.3. The van der Waals surface area contributed by atoms with Gasteiger partial charge in [0.15, 0.2) is 5.82 Å². The summed E-state index contributed by atoms with van der Waals surface area (Å²) in [6.07, 6.45) is 1.88. The van der Waals surface area contributed by atoms with Crippen molar-refractivity contribution in [3.8, 4) is 29.0 Å². The smallest absolute Gasteiger partial charge is 0.161 e. The minimum absolute atomic E-state index is 0.543. The van der Waals surface area contributed by atoms with Crippen LogP contribution < -0.4 is 0 Å². The molecule has 0 amide bonds. The highest BCUT2D eigenvalue weighted by molar-refractivity contribution is 7.17. The molecule has 0 radical (unpaired) electrons. The average molecular weight is 399 g/mol. The van der Waals surface area contributed by atoms with E-state index in [-0.39, 0.29) is 0 Å². The monoisotopic (exact) mass is 399 g/mol. The molecule has 0 fully saturated rings. The average Bonchev–Trinajstić information content (AvgIpc) is 3.48. The van der Waals surface area contributed by atoms with Gasteiger partial charge in [-0.2, -0.15) is 5.26 Å². The van der Waals surface area contributed by atoms with Crippen LogP contribution in [-0.4, -0.2) is 33.2 Å². The Balaban J connectivity index is 1.61. The lowest BCUT2D eigenvalue weighted by Crippen LogP contribution is -2.06. The molecule has 5 aromatic rings. The summed E-state index contributed by atoms with van der Waals surface area (Å²) in [6.45, 7) is 1.17. The molecule has 0 aliphatic carbocycles. The predicted molar refractivity (Wildman–Crippen MR) is 115 cm³/mol. The van der Waals surface area contributed by atoms with Gasteiger partial charge in [0, 0.05) is 30.1 Å². The standard InChI is InChI=1S/C22H17N5OS/c1-28-8-7-27-19-10-14(12-23)2-4-17(19)26-22(27)18-13-24-21(25-18)16-3-5-20-15(11-16)6-9-29-20/h2-6,9-11,13H,7-8H2,1H3,(H,24,25). The number of thiophene rings is 1. The molecule has 0 spiro atoms. The lowest BCUT2D eigenvalue weighted by Gasteiger charge is -2.07. The maximum absolute atomic E-state index is 9.26. The van der Waals surface area contributed by atoms with Crippen molar-refractivity contribution in [1.29, 1.82) is 5.26 Å². The summed E-state index contributed by atoms with van der Waals surface area (Å²) in [4.78, 5) is 12.9. The van der Waals surface area contributed by atoms with E-state index >= 15 is 0 Å². The van der Waals surface area contributed by atoms with Crippen molar-refractivity contribution in [3.05, 3.63) is 59.6 Å². The molecular formula is C22H17N5OS. The van der Waals surface area contributed by atoms with E-state index in [1.165, 1.54) is 10.1 Å². The van der Waals surface area contributed by atoms with E-state index in [4.69, 9.17) is 14.7 Å². The van der Waals surface area contributed by atoms with Crippen LogP contribution in [-0.2, 0) is 11.3 Å². The second-order valence-electron chi connectivity index (χ2n) is 6.70. The van der Waals surface area contributed by atoms with Gasteiger partial charge in [-0.15, -0.1) is 11.3 Å². The van der Waals surface area contributed by atoms with Gasteiger partial charge in [0.2, 0.25) is 0 Å². The zero-order chi connectivity index (χ0) is 19.8. The molecule has 142 valence electrons. The van der Waals surface area contributed by atoms with Crippen LogP contribution in [0.1, 0.15) is 5.56 Å². The van der Waals surface area contributed by atoms with Gasteiger partial charge in [0.25, 0.3) is 0 Å². The Bertz CT molecular complexity index is 1370. The number of nitrogens with zero attached hydrogens (tertiary/aromatic N) is 4. The second kappa shape index (κ2) is 7.17. The fraction of sp³-hybridized carbons (Fsp3) is 0.136. The van der Waals surface area contributed by atoms with Crippen LogP contribution in [0.3, 0.4) is 0 Å². The maximum atomic E-state index is 9.26. The number of aromatic amines is 1. The summed E-state index contributed by atoms with van der Waals surface area (Å²) < 4.78 is 8.60. The first kappa shape index (κ1) is 17.6. The van der Waals surface area contributed by atoms with Crippen molar-refractivity contribution in [2.24, 2.45) is 0 Å². The minimum Gasteiger partial charge on any atom is -0.383 e. The Labute approximate surface area is 171 Å². The van der Waals surface area contributed by atoms with Gasteiger partial charge in [-0.1, -0.05) is 0 Å². The van der Waals surface area contributed by atoms with Crippen molar-refractivity contribution >= 4 is 32.5 Å². The van der Waals surface area contributed by atoms with Crippen molar-refractivity contribution in [1.82, 2.24) is 19.5 Å². The second-order valence-corrected chi connectivity index (χ2v) is 7.65. The maximum Gasteiger partial charge on any atom is 0.161 e. The van der Waals surface area contributed by atoms with Gasteiger partial charge in [-0.05, 0) is 53.2 Å². The highest BCUT2D eigenvalue weighted by Crippen LogP contribution is 2.29. The molecule has 1 N–H and O–H groups in total. The van der Waals surface area contributed by atoms with E-state index in [0.29, 0.717) is 18.7 Å². The zero-order valence-corrected chi connectivity index (χ0v) is 16.5. The Hall–Kier alpha value is -3.47. The van der Waals surface area contributed by atoms with Gasteiger partial charge in [0.05, 0.1) is 29.3 Å². The number of nitrogens with one attached hydrogen (secondary N) is 1. The summed E-state index contributed by atoms with van der Waals surface area (Å²) in [5, 5.41) is 12.6. The first-order valence-electron chi connectivity index (χ1n) is 9.19. The third-order valence-corrected chi connectivity index (χ3v) is 5.83. The molecule has 0 atom stereocenters. The quantitative estimate of drug-likeness (QED) is 0.459. The molecule has 5 rings (SSSR count). The molecular weight excluding hydrogens is 382 g/mol. The lowest BCUT2D eigenvalue weighted by molar-refractivity contribution is 0.188. The number of aromatic nitrogens is 4. The van der Waals surface area contributed by atoms with Gasteiger partial charge < -0.3 is 14.3 Å². The number of benzene rings is 2.